The van der Waals surface area contributed by atoms with E-state index in [0.29, 0.717) is 26.2 Å². The first-order chi connectivity index (χ1) is 17.6. The van der Waals surface area contributed by atoms with Crippen LogP contribution in [0.5, 0.6) is 0 Å². The minimum absolute atomic E-state index is 0.0787. The number of hydrogen-bond acceptors (Lipinski definition) is 8. The number of carbonyl (C=O) groups excluding carboxylic acids is 2. The van der Waals surface area contributed by atoms with Crippen LogP contribution in [0.3, 0.4) is 0 Å². The molecule has 5 aromatic rings. The van der Waals surface area contributed by atoms with Crippen LogP contribution in [0, 0.1) is 11.8 Å². The van der Waals surface area contributed by atoms with Crippen LogP contribution in [0.1, 0.15) is 54.0 Å². The van der Waals surface area contributed by atoms with E-state index in [4.69, 9.17) is 8.83 Å². The van der Waals surface area contributed by atoms with Crippen molar-refractivity contribution in [3.05, 3.63) is 115 Å². The molecule has 0 amide bonds. The van der Waals surface area contributed by atoms with Crippen molar-refractivity contribution in [1.29, 1.82) is 0 Å². The van der Waals surface area contributed by atoms with E-state index in [-0.39, 0.29) is 18.0 Å². The Morgan fingerprint density at radius 2 is 1.39 bits per heavy atom. The molecular formula is C28H22O5S3. The first-order valence-corrected chi connectivity index (χ1v) is 14.2. The molecule has 1 N–H and O–H groups in total. The Bertz CT molecular complexity index is 1420. The van der Waals surface area contributed by atoms with E-state index in [1.165, 1.54) is 34.0 Å². The summed E-state index contributed by atoms with van der Waals surface area (Å²) >= 11 is 4.12. The van der Waals surface area contributed by atoms with Gasteiger partial charge in [0.05, 0.1) is 28.2 Å². The summed E-state index contributed by atoms with van der Waals surface area (Å²) in [6.07, 6.45) is 3.30. The van der Waals surface area contributed by atoms with Gasteiger partial charge in [-0.2, -0.15) is 0 Å². The van der Waals surface area contributed by atoms with Crippen LogP contribution >= 0.6 is 34.0 Å². The van der Waals surface area contributed by atoms with Crippen molar-refractivity contribution in [2.45, 2.75) is 23.9 Å². The lowest BCUT2D eigenvalue weighted by Gasteiger charge is -2.49. The smallest absolute Gasteiger partial charge is 0.179 e. The second-order valence-electron chi connectivity index (χ2n) is 8.96. The molecular weight excluding hydrogens is 513 g/mol. The molecule has 182 valence electrons. The van der Waals surface area contributed by atoms with Crippen LogP contribution in [0.2, 0.25) is 0 Å². The maximum Gasteiger partial charge on any atom is 0.179 e. The van der Waals surface area contributed by atoms with Crippen molar-refractivity contribution in [1.82, 2.24) is 0 Å². The maximum absolute atomic E-state index is 14.2. The molecule has 6 rings (SSSR count). The molecule has 1 fully saturated rings. The first kappa shape index (κ1) is 23.4. The minimum atomic E-state index is -1.53. The van der Waals surface area contributed by atoms with E-state index >= 15 is 0 Å². The molecule has 1 aliphatic carbocycles. The molecule has 0 saturated heterocycles. The Labute approximate surface area is 219 Å². The third-order valence-corrected chi connectivity index (χ3v) is 9.87. The van der Waals surface area contributed by atoms with E-state index < -0.39 is 29.3 Å². The molecule has 5 atom stereocenters. The van der Waals surface area contributed by atoms with Crippen LogP contribution in [0.25, 0.3) is 0 Å². The summed E-state index contributed by atoms with van der Waals surface area (Å²) in [5.74, 6) is -1.93. The van der Waals surface area contributed by atoms with E-state index in [2.05, 4.69) is 0 Å². The number of rotatable bonds is 7. The Hall–Kier alpha value is -3.04. The van der Waals surface area contributed by atoms with Crippen LogP contribution in [0.15, 0.2) is 98.2 Å². The van der Waals surface area contributed by atoms with Crippen molar-refractivity contribution in [2.75, 3.05) is 0 Å². The van der Waals surface area contributed by atoms with Crippen LogP contribution in [-0.2, 0) is 5.60 Å². The average molecular weight is 535 g/mol. The van der Waals surface area contributed by atoms with Gasteiger partial charge in [0.1, 0.15) is 17.1 Å². The zero-order valence-corrected chi connectivity index (χ0v) is 21.4. The second kappa shape index (κ2) is 9.44. The minimum Gasteiger partial charge on any atom is -0.469 e. The third-order valence-electron chi connectivity index (χ3n) is 7.07. The monoisotopic (exact) mass is 534 g/mol. The van der Waals surface area contributed by atoms with Gasteiger partial charge in [-0.1, -0.05) is 18.2 Å². The van der Waals surface area contributed by atoms with Crippen LogP contribution in [-0.4, -0.2) is 16.7 Å². The van der Waals surface area contributed by atoms with Crippen molar-refractivity contribution >= 4 is 45.6 Å². The molecule has 1 saturated carbocycles. The number of carbonyl (C=O) groups is 2. The summed E-state index contributed by atoms with van der Waals surface area (Å²) in [6.45, 7) is 0. The predicted octanol–water partition coefficient (Wildman–Crippen LogP) is 7.21. The molecule has 0 radical (unpaired) electrons. The fraction of sp³-hybridized carbons (Fsp3) is 0.214. The zero-order chi connectivity index (χ0) is 24.7. The largest absolute Gasteiger partial charge is 0.469 e. The van der Waals surface area contributed by atoms with Gasteiger partial charge in [0.25, 0.3) is 0 Å². The topological polar surface area (TPSA) is 80.7 Å². The van der Waals surface area contributed by atoms with Crippen molar-refractivity contribution < 1.29 is 23.5 Å². The van der Waals surface area contributed by atoms with Crippen molar-refractivity contribution in [3.63, 3.8) is 0 Å². The van der Waals surface area contributed by atoms with E-state index in [9.17, 15) is 14.7 Å². The van der Waals surface area contributed by atoms with Gasteiger partial charge in [-0.3, -0.25) is 9.59 Å². The average Bonchev–Trinajstić information content (AvgIpc) is 3.74. The molecule has 8 heteroatoms. The number of Topliss-reactive ketones (excluding diaryl/α,β-unsaturated/α-hetero) is 2. The van der Waals surface area contributed by atoms with E-state index in [1.54, 1.807) is 36.8 Å². The molecule has 5 heterocycles. The fourth-order valence-corrected chi connectivity index (χ4v) is 7.90. The van der Waals surface area contributed by atoms with Gasteiger partial charge >= 0.3 is 0 Å². The van der Waals surface area contributed by atoms with Crippen LogP contribution in [0.4, 0.5) is 0 Å². The van der Waals surface area contributed by atoms with Crippen molar-refractivity contribution in [3.8, 4) is 0 Å². The summed E-state index contributed by atoms with van der Waals surface area (Å²) in [4.78, 5) is 30.2. The highest BCUT2D eigenvalue weighted by atomic mass is 32.1. The highest BCUT2D eigenvalue weighted by Gasteiger charge is 2.60. The lowest BCUT2D eigenvalue weighted by Crippen LogP contribution is -2.52. The molecule has 5 nitrogen and oxygen atoms in total. The highest BCUT2D eigenvalue weighted by Crippen LogP contribution is 2.59. The van der Waals surface area contributed by atoms with Crippen LogP contribution < -0.4 is 0 Å². The lowest BCUT2D eigenvalue weighted by atomic mass is 9.55. The van der Waals surface area contributed by atoms with Gasteiger partial charge in [-0.25, -0.2) is 0 Å². The summed E-state index contributed by atoms with van der Waals surface area (Å²) in [5, 5.41) is 18.1. The molecule has 36 heavy (non-hydrogen) atoms. The Balaban J connectivity index is 1.61. The maximum atomic E-state index is 14.2. The van der Waals surface area contributed by atoms with E-state index in [0.717, 1.165) is 0 Å². The molecule has 5 aromatic heterocycles. The predicted molar refractivity (Wildman–Crippen MR) is 140 cm³/mol. The van der Waals surface area contributed by atoms with E-state index in [1.807, 2.05) is 52.5 Å². The van der Waals surface area contributed by atoms with Gasteiger partial charge in [0.15, 0.2) is 11.6 Å². The third kappa shape index (κ3) is 3.85. The zero-order valence-electron chi connectivity index (χ0n) is 19.0. The quantitative estimate of drug-likeness (QED) is 0.223. The number of hydrogen-bond donors (Lipinski definition) is 1. The second-order valence-corrected chi connectivity index (χ2v) is 11.8. The summed E-state index contributed by atoms with van der Waals surface area (Å²) in [5.41, 5.74) is -1.53. The molecule has 0 aliphatic heterocycles. The molecule has 1 aliphatic rings. The first-order valence-electron chi connectivity index (χ1n) is 11.6. The van der Waals surface area contributed by atoms with Crippen molar-refractivity contribution in [2.24, 2.45) is 11.8 Å². The highest BCUT2D eigenvalue weighted by molar-refractivity contribution is 7.12. The van der Waals surface area contributed by atoms with Gasteiger partial charge in [-0.05, 0) is 65.0 Å². The molecule has 0 spiro atoms. The Morgan fingerprint density at radius 1 is 0.778 bits per heavy atom. The number of aliphatic hydroxyl groups is 1. The Morgan fingerprint density at radius 3 is 1.94 bits per heavy atom. The summed E-state index contributed by atoms with van der Waals surface area (Å²) in [7, 11) is 0. The van der Waals surface area contributed by atoms with Gasteiger partial charge < -0.3 is 13.9 Å². The lowest BCUT2D eigenvalue weighted by molar-refractivity contribution is -0.0716. The molecule has 0 unspecified atom stereocenters. The van der Waals surface area contributed by atoms with Gasteiger partial charge in [0, 0.05) is 22.6 Å². The summed E-state index contributed by atoms with van der Waals surface area (Å²) < 4.78 is 11.8. The standard InChI is InChI=1S/C28H22O5S3/c29-26(20-8-3-13-34-20)23-17(18-6-1-11-32-18)16-28(31,22-10-5-15-36-22)25(24(23)19-7-2-12-33-19)27(30)21-9-4-14-35-21/h1-15,17,23-25,31H,16H2/t17-,23-,24+,25+,28-/m0/s1. The van der Waals surface area contributed by atoms with Gasteiger partial charge in [0.2, 0.25) is 0 Å². The number of furan rings is 2. The normalized spacial score (nSPS) is 26.1. The number of ketones is 2. The fourth-order valence-electron chi connectivity index (χ4n) is 5.61. The Kier molecular flexibility index (Phi) is 6.13. The summed E-state index contributed by atoms with van der Waals surface area (Å²) in [6, 6.07) is 18.2. The number of thiophene rings is 3. The molecule has 0 aromatic carbocycles. The molecule has 0 bridgehead atoms. The SMILES string of the molecule is O=C(c1cccs1)[C@@H]1[C@@H](c2ccco2)[C@H](C(=O)c2cccs2)[C@@](O)(c2cccs2)C[C@H]1c1ccco1. The van der Waals surface area contributed by atoms with Gasteiger partial charge in [-0.15, -0.1) is 34.0 Å².